The molecular weight excluding hydrogens is 328 g/mol. The van der Waals surface area contributed by atoms with E-state index in [-0.39, 0.29) is 12.5 Å². The monoisotopic (exact) mass is 356 g/mol. The average Bonchev–Trinajstić information content (AvgIpc) is 3.07. The maximum absolute atomic E-state index is 12.2. The van der Waals surface area contributed by atoms with Crippen LogP contribution < -0.4 is 10.2 Å². The van der Waals surface area contributed by atoms with E-state index in [9.17, 15) is 4.79 Å². The number of amides is 1. The van der Waals surface area contributed by atoms with E-state index in [2.05, 4.69) is 48.3 Å². The Balaban J connectivity index is 1.82. The van der Waals surface area contributed by atoms with Gasteiger partial charge in [-0.2, -0.15) is 5.10 Å². The van der Waals surface area contributed by atoms with E-state index in [4.69, 9.17) is 9.84 Å². The van der Waals surface area contributed by atoms with Crippen molar-refractivity contribution in [1.82, 2.24) is 15.1 Å². The summed E-state index contributed by atoms with van der Waals surface area (Å²) in [5, 5.41) is 7.68. The lowest BCUT2D eigenvalue weighted by Crippen LogP contribution is -2.37. The fourth-order valence-electron chi connectivity index (χ4n) is 3.05. The maximum atomic E-state index is 12.2. The highest BCUT2D eigenvalue weighted by Crippen LogP contribution is 2.30. The largest absolute Gasteiger partial charge is 0.378 e. The topological polar surface area (TPSA) is 59.4 Å². The van der Waals surface area contributed by atoms with Gasteiger partial charge in [-0.3, -0.25) is 9.48 Å². The summed E-state index contributed by atoms with van der Waals surface area (Å²) < 4.78 is 7.22. The Hall–Kier alpha value is -2.34. The number of carbonyl (C=O) groups is 1. The van der Waals surface area contributed by atoms with Crippen LogP contribution in [0.1, 0.15) is 25.3 Å². The molecule has 1 amide bonds. The summed E-state index contributed by atoms with van der Waals surface area (Å²) >= 11 is 0. The lowest BCUT2D eigenvalue weighted by Gasteiger charge is -2.27. The van der Waals surface area contributed by atoms with Crippen molar-refractivity contribution in [2.75, 3.05) is 37.7 Å². The van der Waals surface area contributed by atoms with Gasteiger partial charge in [0.25, 0.3) is 0 Å². The zero-order chi connectivity index (χ0) is 18.4. The number of aryl methyl sites for hydroxylation is 1. The lowest BCUT2D eigenvalue weighted by molar-refractivity contribution is -0.121. The SMILES string of the molecule is CCCCNC(=O)Cn1cc(-c2ccc(C)cc2)c(N2CCOCC2)n1. The molecular formula is C20H28N4O2. The molecule has 2 heterocycles. The van der Waals surface area contributed by atoms with Crippen LogP contribution in [0.4, 0.5) is 5.82 Å². The van der Waals surface area contributed by atoms with Crippen LogP contribution in [0.15, 0.2) is 30.5 Å². The van der Waals surface area contributed by atoms with Crippen LogP contribution in [-0.2, 0) is 16.1 Å². The quantitative estimate of drug-likeness (QED) is 0.775. The first-order chi connectivity index (χ1) is 12.7. The molecule has 1 aliphatic heterocycles. The van der Waals surface area contributed by atoms with Crippen LogP contribution >= 0.6 is 0 Å². The number of unbranched alkanes of at least 4 members (excludes halogenated alkanes) is 1. The van der Waals surface area contributed by atoms with Gasteiger partial charge >= 0.3 is 0 Å². The highest BCUT2D eigenvalue weighted by molar-refractivity contribution is 5.78. The third-order valence-corrected chi connectivity index (χ3v) is 4.57. The molecule has 1 aromatic carbocycles. The highest BCUT2D eigenvalue weighted by Gasteiger charge is 2.20. The Morgan fingerprint density at radius 1 is 1.23 bits per heavy atom. The van der Waals surface area contributed by atoms with E-state index in [0.717, 1.165) is 49.4 Å². The predicted molar refractivity (Wildman–Crippen MR) is 103 cm³/mol. The van der Waals surface area contributed by atoms with Gasteiger partial charge in [0.1, 0.15) is 6.54 Å². The van der Waals surface area contributed by atoms with Crippen molar-refractivity contribution < 1.29 is 9.53 Å². The molecule has 2 aromatic rings. The maximum Gasteiger partial charge on any atom is 0.241 e. The van der Waals surface area contributed by atoms with E-state index in [1.807, 2.05) is 6.20 Å². The molecule has 0 saturated carbocycles. The minimum atomic E-state index is 0.00457. The molecule has 1 N–H and O–H groups in total. The first kappa shape index (κ1) is 18.5. The van der Waals surface area contributed by atoms with Gasteiger partial charge in [0.05, 0.1) is 13.2 Å². The Labute approximate surface area is 155 Å². The summed E-state index contributed by atoms with van der Waals surface area (Å²) in [6.07, 6.45) is 4.05. The number of aromatic nitrogens is 2. The Bertz CT molecular complexity index is 718. The van der Waals surface area contributed by atoms with Gasteiger partial charge in [-0.25, -0.2) is 0 Å². The minimum Gasteiger partial charge on any atom is -0.378 e. The van der Waals surface area contributed by atoms with Crippen LogP contribution in [0.5, 0.6) is 0 Å². The number of benzene rings is 1. The molecule has 0 atom stereocenters. The zero-order valence-electron chi connectivity index (χ0n) is 15.7. The van der Waals surface area contributed by atoms with Crippen LogP contribution in [0, 0.1) is 6.92 Å². The van der Waals surface area contributed by atoms with E-state index < -0.39 is 0 Å². The summed E-state index contributed by atoms with van der Waals surface area (Å²) in [6.45, 7) is 8.20. The van der Waals surface area contributed by atoms with Crippen LogP contribution in [-0.4, -0.2) is 48.5 Å². The van der Waals surface area contributed by atoms with Crippen molar-refractivity contribution in [3.8, 4) is 11.1 Å². The molecule has 0 aliphatic carbocycles. The molecule has 1 fully saturated rings. The molecule has 0 bridgehead atoms. The van der Waals surface area contributed by atoms with Crippen LogP contribution in [0.25, 0.3) is 11.1 Å². The van der Waals surface area contributed by atoms with Gasteiger partial charge in [-0.1, -0.05) is 43.2 Å². The Kier molecular flexibility index (Phi) is 6.28. The van der Waals surface area contributed by atoms with E-state index in [1.54, 1.807) is 4.68 Å². The number of hydrogen-bond acceptors (Lipinski definition) is 4. The molecule has 0 radical (unpaired) electrons. The predicted octanol–water partition coefficient (Wildman–Crippen LogP) is 2.61. The first-order valence-electron chi connectivity index (χ1n) is 9.41. The van der Waals surface area contributed by atoms with Gasteiger partial charge in [0.2, 0.25) is 5.91 Å². The number of rotatable bonds is 7. The van der Waals surface area contributed by atoms with Crippen LogP contribution in [0.3, 0.4) is 0 Å². The second kappa shape index (κ2) is 8.85. The number of anilines is 1. The normalized spacial score (nSPS) is 14.5. The fourth-order valence-corrected chi connectivity index (χ4v) is 3.05. The molecule has 26 heavy (non-hydrogen) atoms. The smallest absolute Gasteiger partial charge is 0.241 e. The van der Waals surface area contributed by atoms with Crippen molar-refractivity contribution in [2.24, 2.45) is 0 Å². The summed E-state index contributed by atoms with van der Waals surface area (Å²) in [7, 11) is 0. The number of morpholine rings is 1. The third-order valence-electron chi connectivity index (χ3n) is 4.57. The Morgan fingerprint density at radius 3 is 2.65 bits per heavy atom. The third kappa shape index (κ3) is 4.64. The minimum absolute atomic E-state index is 0.00457. The standard InChI is InChI=1S/C20H28N4O2/c1-3-4-9-21-19(25)15-24-14-18(17-7-5-16(2)6-8-17)20(22-24)23-10-12-26-13-11-23/h5-8,14H,3-4,9-13,15H2,1-2H3,(H,21,25). The molecule has 1 aromatic heterocycles. The fraction of sp³-hybridized carbons (Fsp3) is 0.500. The van der Waals surface area contributed by atoms with Crippen LogP contribution in [0.2, 0.25) is 0 Å². The first-order valence-corrected chi connectivity index (χ1v) is 9.41. The molecule has 6 nitrogen and oxygen atoms in total. The van der Waals surface area contributed by atoms with Gasteiger partial charge in [-0.05, 0) is 18.9 Å². The Morgan fingerprint density at radius 2 is 1.96 bits per heavy atom. The summed E-state index contributed by atoms with van der Waals surface area (Å²) in [4.78, 5) is 14.4. The number of ether oxygens (including phenoxy) is 1. The lowest BCUT2D eigenvalue weighted by atomic mass is 10.1. The van der Waals surface area contributed by atoms with E-state index >= 15 is 0 Å². The molecule has 0 unspecified atom stereocenters. The number of hydrogen-bond donors (Lipinski definition) is 1. The second-order valence-electron chi connectivity index (χ2n) is 6.73. The van der Waals surface area contributed by atoms with Crippen molar-refractivity contribution in [3.05, 3.63) is 36.0 Å². The van der Waals surface area contributed by atoms with Gasteiger partial charge in [0.15, 0.2) is 5.82 Å². The molecule has 6 heteroatoms. The molecule has 140 valence electrons. The highest BCUT2D eigenvalue weighted by atomic mass is 16.5. The van der Waals surface area contributed by atoms with Gasteiger partial charge < -0.3 is 15.0 Å². The number of nitrogens with one attached hydrogen (secondary N) is 1. The van der Waals surface area contributed by atoms with E-state index in [0.29, 0.717) is 13.2 Å². The average molecular weight is 356 g/mol. The van der Waals surface area contributed by atoms with Crippen molar-refractivity contribution in [3.63, 3.8) is 0 Å². The van der Waals surface area contributed by atoms with Crippen molar-refractivity contribution >= 4 is 11.7 Å². The van der Waals surface area contributed by atoms with Crippen molar-refractivity contribution in [2.45, 2.75) is 33.2 Å². The zero-order valence-corrected chi connectivity index (χ0v) is 15.7. The number of nitrogens with zero attached hydrogens (tertiary/aromatic N) is 3. The van der Waals surface area contributed by atoms with Gasteiger partial charge in [0, 0.05) is 31.4 Å². The molecule has 1 aliphatic rings. The number of carbonyl (C=O) groups excluding carboxylic acids is 1. The molecule has 1 saturated heterocycles. The summed E-state index contributed by atoms with van der Waals surface area (Å²) in [5.41, 5.74) is 3.41. The van der Waals surface area contributed by atoms with Crippen molar-refractivity contribution in [1.29, 1.82) is 0 Å². The summed E-state index contributed by atoms with van der Waals surface area (Å²) in [6, 6.07) is 8.43. The molecule has 3 rings (SSSR count). The van der Waals surface area contributed by atoms with E-state index in [1.165, 1.54) is 5.56 Å². The second-order valence-corrected chi connectivity index (χ2v) is 6.73. The van der Waals surface area contributed by atoms with Gasteiger partial charge in [-0.15, -0.1) is 0 Å². The molecule has 0 spiro atoms. The summed E-state index contributed by atoms with van der Waals surface area (Å²) in [5.74, 6) is 0.934.